The minimum absolute atomic E-state index is 0.0301. The number of hydrogen-bond donors (Lipinski definition) is 0. The molecule has 0 spiro atoms. The van der Waals surface area contributed by atoms with Gasteiger partial charge in [-0.05, 0) is 30.3 Å². The summed E-state index contributed by atoms with van der Waals surface area (Å²) >= 11 is 0. The number of aromatic carboxylic acids is 3. The van der Waals surface area contributed by atoms with Gasteiger partial charge >= 0.3 is 0 Å². The van der Waals surface area contributed by atoms with Crippen molar-refractivity contribution in [2.45, 2.75) is 0 Å². The van der Waals surface area contributed by atoms with Gasteiger partial charge < -0.3 is 29.7 Å². The number of nitrogens with zero attached hydrogens (tertiary/aromatic N) is 3. The van der Waals surface area contributed by atoms with Crippen LogP contribution in [-0.2, 0) is 0 Å². The SMILES string of the molecule is O=C([O-])c1ccccn1.O=C([O-])c1cccnc1.O=C([O-])c1ccncc1. The van der Waals surface area contributed by atoms with Crippen molar-refractivity contribution in [1.82, 2.24) is 15.0 Å². The van der Waals surface area contributed by atoms with Gasteiger partial charge in [0, 0.05) is 42.1 Å². The number of carbonyl (C=O) groups excluding carboxylic acids is 3. The van der Waals surface area contributed by atoms with E-state index in [2.05, 4.69) is 15.0 Å². The Labute approximate surface area is 153 Å². The van der Waals surface area contributed by atoms with Crippen molar-refractivity contribution in [3.63, 3.8) is 0 Å². The molecule has 138 valence electrons. The summed E-state index contributed by atoms with van der Waals surface area (Å²) in [5, 5.41) is 30.1. The van der Waals surface area contributed by atoms with Gasteiger partial charge in [0.25, 0.3) is 0 Å². The number of carboxylic acids is 3. The number of rotatable bonds is 3. The van der Waals surface area contributed by atoms with Gasteiger partial charge in [0.2, 0.25) is 0 Å². The summed E-state index contributed by atoms with van der Waals surface area (Å²) in [7, 11) is 0. The molecule has 9 nitrogen and oxygen atoms in total. The van der Waals surface area contributed by atoms with Crippen LogP contribution in [0.1, 0.15) is 31.2 Å². The molecule has 0 saturated heterocycles. The van der Waals surface area contributed by atoms with E-state index in [4.69, 9.17) is 0 Å². The number of aromatic nitrogens is 3. The van der Waals surface area contributed by atoms with Crippen molar-refractivity contribution >= 4 is 17.9 Å². The third kappa shape index (κ3) is 8.49. The number of pyridine rings is 3. The molecular weight excluding hydrogens is 354 g/mol. The lowest BCUT2D eigenvalue weighted by molar-refractivity contribution is -0.256. The molecule has 3 heterocycles. The molecule has 3 aromatic rings. The molecular formula is C18H12N3O6-3. The predicted molar refractivity (Wildman–Crippen MR) is 85.7 cm³/mol. The van der Waals surface area contributed by atoms with Gasteiger partial charge in [0.05, 0.1) is 23.6 Å². The maximum Gasteiger partial charge on any atom is 0.0899 e. The quantitative estimate of drug-likeness (QED) is 0.528. The first-order valence-corrected chi connectivity index (χ1v) is 7.27. The van der Waals surface area contributed by atoms with Gasteiger partial charge in [0.15, 0.2) is 0 Å². The Morgan fingerprint density at radius 2 is 1.30 bits per heavy atom. The normalized spacial score (nSPS) is 8.89. The first kappa shape index (κ1) is 20.9. The molecule has 3 rings (SSSR count). The van der Waals surface area contributed by atoms with E-state index >= 15 is 0 Å². The minimum atomic E-state index is -1.24. The number of hydrogen-bond acceptors (Lipinski definition) is 9. The average molecular weight is 366 g/mol. The zero-order valence-electron chi connectivity index (χ0n) is 13.7. The van der Waals surface area contributed by atoms with Crippen molar-refractivity contribution in [3.05, 3.63) is 90.3 Å². The van der Waals surface area contributed by atoms with Crippen molar-refractivity contribution in [2.75, 3.05) is 0 Å². The van der Waals surface area contributed by atoms with E-state index in [9.17, 15) is 29.7 Å². The molecule has 0 atom stereocenters. The molecule has 0 N–H and O–H groups in total. The van der Waals surface area contributed by atoms with E-state index in [1.165, 1.54) is 55.2 Å². The summed E-state index contributed by atoms with van der Waals surface area (Å²) in [5.74, 6) is -3.60. The Morgan fingerprint density at radius 1 is 0.630 bits per heavy atom. The molecule has 0 aliphatic carbocycles. The second-order valence-corrected chi connectivity index (χ2v) is 4.55. The molecule has 0 radical (unpaired) electrons. The van der Waals surface area contributed by atoms with E-state index < -0.39 is 17.9 Å². The lowest BCUT2D eigenvalue weighted by Crippen LogP contribution is -2.23. The van der Waals surface area contributed by atoms with Crippen LogP contribution >= 0.6 is 0 Å². The van der Waals surface area contributed by atoms with Crippen LogP contribution in [0, 0.1) is 0 Å². The third-order valence-electron chi connectivity index (χ3n) is 2.69. The minimum Gasteiger partial charge on any atom is -0.545 e. The van der Waals surface area contributed by atoms with Crippen molar-refractivity contribution in [1.29, 1.82) is 0 Å². The molecule has 3 aromatic heterocycles. The molecule has 0 saturated carbocycles. The summed E-state index contributed by atoms with van der Waals surface area (Å²) in [6.45, 7) is 0. The van der Waals surface area contributed by atoms with Gasteiger partial charge in [-0.25, -0.2) is 0 Å². The molecule has 0 unspecified atom stereocenters. The highest BCUT2D eigenvalue weighted by atomic mass is 16.4. The fourth-order valence-corrected chi connectivity index (χ4v) is 1.46. The van der Waals surface area contributed by atoms with Gasteiger partial charge in [-0.1, -0.05) is 12.1 Å². The molecule has 0 aliphatic rings. The molecule has 0 aliphatic heterocycles. The maximum atomic E-state index is 10.1. The highest BCUT2D eigenvalue weighted by Gasteiger charge is 1.88. The number of carboxylic acid groups (broad SMARTS) is 3. The third-order valence-corrected chi connectivity index (χ3v) is 2.69. The van der Waals surface area contributed by atoms with Crippen LogP contribution in [0.4, 0.5) is 0 Å². The van der Waals surface area contributed by atoms with E-state index in [0.29, 0.717) is 0 Å². The Balaban J connectivity index is 0.000000202. The van der Waals surface area contributed by atoms with Crippen molar-refractivity contribution < 1.29 is 29.7 Å². The Morgan fingerprint density at radius 3 is 1.63 bits per heavy atom. The molecule has 9 heteroatoms. The Hall–Kier alpha value is -4.14. The van der Waals surface area contributed by atoms with Crippen LogP contribution < -0.4 is 15.3 Å². The average Bonchev–Trinajstić information content (AvgIpc) is 2.71. The van der Waals surface area contributed by atoms with Gasteiger partial charge in [-0.3, -0.25) is 15.0 Å². The zero-order valence-corrected chi connectivity index (χ0v) is 13.7. The van der Waals surface area contributed by atoms with Gasteiger partial charge in [-0.2, -0.15) is 0 Å². The highest BCUT2D eigenvalue weighted by molar-refractivity contribution is 5.85. The molecule has 0 bridgehead atoms. The first-order valence-electron chi connectivity index (χ1n) is 7.27. The summed E-state index contributed by atoms with van der Waals surface area (Å²) in [5.41, 5.74) is 0.236. The largest absolute Gasteiger partial charge is 0.545 e. The van der Waals surface area contributed by atoms with Crippen molar-refractivity contribution in [3.8, 4) is 0 Å². The van der Waals surface area contributed by atoms with E-state index in [-0.39, 0.29) is 16.8 Å². The topological polar surface area (TPSA) is 159 Å². The fraction of sp³-hybridized carbons (Fsp3) is 0. The fourth-order valence-electron chi connectivity index (χ4n) is 1.46. The second-order valence-electron chi connectivity index (χ2n) is 4.55. The monoisotopic (exact) mass is 366 g/mol. The molecule has 27 heavy (non-hydrogen) atoms. The second kappa shape index (κ2) is 11.4. The predicted octanol–water partition coefficient (Wildman–Crippen LogP) is -1.66. The van der Waals surface area contributed by atoms with E-state index in [1.807, 2.05) is 0 Å². The molecule has 0 aromatic carbocycles. The Kier molecular flexibility index (Phi) is 8.84. The summed E-state index contributed by atoms with van der Waals surface area (Å²) in [6, 6.07) is 10.4. The van der Waals surface area contributed by atoms with E-state index in [1.54, 1.807) is 18.2 Å². The van der Waals surface area contributed by atoms with Crippen LogP contribution in [0.2, 0.25) is 0 Å². The van der Waals surface area contributed by atoms with E-state index in [0.717, 1.165) is 0 Å². The molecule has 0 fully saturated rings. The molecule has 0 amide bonds. The summed E-state index contributed by atoms with van der Waals surface area (Å²) < 4.78 is 0. The lowest BCUT2D eigenvalue weighted by Gasteiger charge is -1.97. The smallest absolute Gasteiger partial charge is 0.0899 e. The lowest BCUT2D eigenvalue weighted by atomic mass is 10.3. The standard InChI is InChI=1S/3C6H5NO2/c8-6(9)5-1-3-7-4-2-5;8-6(9)5-2-1-3-7-4-5;8-6(9)5-3-1-2-4-7-5/h3*1-4H,(H,8,9)/p-3. The Bertz CT molecular complexity index is 740. The summed E-state index contributed by atoms with van der Waals surface area (Å²) in [4.78, 5) is 40.9. The van der Waals surface area contributed by atoms with Crippen LogP contribution in [0.25, 0.3) is 0 Å². The highest BCUT2D eigenvalue weighted by Crippen LogP contribution is 1.92. The summed E-state index contributed by atoms with van der Waals surface area (Å²) in [6.07, 6.45) is 6.98. The maximum absolute atomic E-state index is 10.1. The van der Waals surface area contributed by atoms with Crippen LogP contribution in [-0.4, -0.2) is 32.9 Å². The first-order chi connectivity index (χ1) is 12.9. The van der Waals surface area contributed by atoms with Crippen LogP contribution in [0.5, 0.6) is 0 Å². The zero-order chi connectivity index (χ0) is 20.1. The van der Waals surface area contributed by atoms with Crippen LogP contribution in [0.3, 0.4) is 0 Å². The number of carbonyl (C=O) groups is 3. The van der Waals surface area contributed by atoms with Gasteiger partial charge in [-0.15, -0.1) is 0 Å². The van der Waals surface area contributed by atoms with Crippen LogP contribution in [0.15, 0.2) is 73.4 Å². The van der Waals surface area contributed by atoms with Crippen molar-refractivity contribution in [2.24, 2.45) is 0 Å². The van der Waals surface area contributed by atoms with Gasteiger partial charge in [0.1, 0.15) is 0 Å².